The molecule has 4 aromatic rings. The fourth-order valence-electron chi connectivity index (χ4n) is 4.57. The van der Waals surface area contributed by atoms with Crippen LogP contribution in [0.3, 0.4) is 0 Å². The summed E-state index contributed by atoms with van der Waals surface area (Å²) in [5.74, 6) is 0.0610. The molecule has 5 rings (SSSR count). The number of anilines is 1. The maximum absolute atomic E-state index is 12.5. The minimum absolute atomic E-state index is 0.0951. The predicted molar refractivity (Wildman–Crippen MR) is 158 cm³/mol. The molecule has 0 aromatic heterocycles. The van der Waals surface area contributed by atoms with Gasteiger partial charge in [0.2, 0.25) is 0 Å². The summed E-state index contributed by atoms with van der Waals surface area (Å²) in [5.41, 5.74) is 9.78. The van der Waals surface area contributed by atoms with E-state index < -0.39 is 0 Å². The zero-order valence-corrected chi connectivity index (χ0v) is 22.5. The van der Waals surface area contributed by atoms with Gasteiger partial charge in [0.25, 0.3) is 11.8 Å². The van der Waals surface area contributed by atoms with Crippen molar-refractivity contribution < 1.29 is 14.3 Å². The summed E-state index contributed by atoms with van der Waals surface area (Å²) in [6.07, 6.45) is 2.63. The monoisotopic (exact) mass is 532 g/mol. The van der Waals surface area contributed by atoms with E-state index >= 15 is 0 Å². The molecule has 2 amide bonds. The van der Waals surface area contributed by atoms with Gasteiger partial charge in [-0.3, -0.25) is 14.5 Å². The molecule has 0 bridgehead atoms. The molecule has 0 saturated heterocycles. The van der Waals surface area contributed by atoms with E-state index in [1.54, 1.807) is 30.5 Å². The number of aryl methyl sites for hydroxylation is 1. The molecule has 2 N–H and O–H groups in total. The van der Waals surface area contributed by atoms with Crippen LogP contribution in [0.1, 0.15) is 38.2 Å². The number of fused-ring (bicyclic) bond motifs is 1. The Morgan fingerprint density at radius 2 is 1.62 bits per heavy atom. The van der Waals surface area contributed by atoms with Crippen molar-refractivity contribution in [1.82, 2.24) is 10.3 Å². The fourth-order valence-corrected chi connectivity index (χ4v) is 4.57. The van der Waals surface area contributed by atoms with E-state index in [1.807, 2.05) is 55.5 Å². The molecule has 0 unspecified atom stereocenters. The number of rotatable bonds is 9. The molecular formula is C33H32N4O3. The third-order valence-electron chi connectivity index (χ3n) is 6.80. The molecule has 1 aliphatic heterocycles. The number of hydrazone groups is 1. The zero-order chi connectivity index (χ0) is 27.7. The Hall–Kier alpha value is -4.75. The number of benzene rings is 4. The van der Waals surface area contributed by atoms with Crippen LogP contribution in [-0.2, 0) is 24.3 Å². The van der Waals surface area contributed by atoms with Crippen LogP contribution < -0.4 is 15.5 Å². The van der Waals surface area contributed by atoms with Crippen molar-refractivity contribution in [3.05, 3.63) is 130 Å². The highest BCUT2D eigenvalue weighted by Gasteiger charge is 2.16. The topological polar surface area (TPSA) is 83.0 Å². The summed E-state index contributed by atoms with van der Waals surface area (Å²) >= 11 is 0. The highest BCUT2D eigenvalue weighted by molar-refractivity contribution is 5.95. The number of hydrogen-bond acceptors (Lipinski definition) is 5. The molecule has 4 aromatic carbocycles. The summed E-state index contributed by atoms with van der Waals surface area (Å²) in [6.45, 7) is 4.73. The van der Waals surface area contributed by atoms with Crippen LogP contribution in [0.2, 0.25) is 0 Å². The van der Waals surface area contributed by atoms with Gasteiger partial charge in [0, 0.05) is 30.9 Å². The summed E-state index contributed by atoms with van der Waals surface area (Å²) in [5, 5.41) is 6.87. The van der Waals surface area contributed by atoms with Crippen molar-refractivity contribution in [2.45, 2.75) is 26.4 Å². The van der Waals surface area contributed by atoms with Crippen molar-refractivity contribution in [1.29, 1.82) is 0 Å². The van der Waals surface area contributed by atoms with E-state index in [2.05, 4.69) is 45.0 Å². The number of ether oxygens (including phenoxy) is 1. The van der Waals surface area contributed by atoms with E-state index in [9.17, 15) is 9.59 Å². The normalized spacial score (nSPS) is 13.0. The lowest BCUT2D eigenvalue weighted by Crippen LogP contribution is -2.30. The second-order valence-corrected chi connectivity index (χ2v) is 9.90. The molecule has 7 heteroatoms. The third-order valence-corrected chi connectivity index (χ3v) is 6.80. The van der Waals surface area contributed by atoms with Gasteiger partial charge in [-0.1, -0.05) is 54.1 Å². The van der Waals surface area contributed by atoms with Crippen LogP contribution in [0.4, 0.5) is 5.69 Å². The minimum atomic E-state index is -0.269. The van der Waals surface area contributed by atoms with Crippen LogP contribution in [0.25, 0.3) is 0 Å². The van der Waals surface area contributed by atoms with E-state index in [4.69, 9.17) is 4.74 Å². The first-order chi connectivity index (χ1) is 19.5. The van der Waals surface area contributed by atoms with E-state index in [0.717, 1.165) is 42.9 Å². The van der Waals surface area contributed by atoms with Crippen LogP contribution in [-0.4, -0.2) is 36.1 Å². The van der Waals surface area contributed by atoms with Crippen molar-refractivity contribution in [2.75, 3.05) is 18.5 Å². The molecule has 0 aliphatic carbocycles. The molecule has 0 spiro atoms. The van der Waals surface area contributed by atoms with Crippen LogP contribution in [0.15, 0.2) is 102 Å². The molecule has 1 heterocycles. The summed E-state index contributed by atoms with van der Waals surface area (Å²) in [4.78, 5) is 27.1. The minimum Gasteiger partial charge on any atom is -0.484 e. The highest BCUT2D eigenvalue weighted by atomic mass is 16.5. The number of carbonyl (C=O) groups is 2. The maximum Gasteiger partial charge on any atom is 0.271 e. The quantitative estimate of drug-likeness (QED) is 0.225. The lowest BCUT2D eigenvalue weighted by molar-refractivity contribution is -0.118. The molecule has 40 heavy (non-hydrogen) atoms. The van der Waals surface area contributed by atoms with E-state index in [1.165, 1.54) is 16.7 Å². The number of carbonyl (C=O) groups excluding carboxylic acids is 2. The first kappa shape index (κ1) is 26.8. The number of hydrogen-bond donors (Lipinski definition) is 2. The number of nitrogens with zero attached hydrogens (tertiary/aromatic N) is 2. The zero-order valence-electron chi connectivity index (χ0n) is 22.5. The lowest BCUT2D eigenvalue weighted by Gasteiger charge is -2.28. The molecule has 0 fully saturated rings. The Kier molecular flexibility index (Phi) is 8.63. The molecule has 1 aliphatic rings. The number of amides is 2. The summed E-state index contributed by atoms with van der Waals surface area (Å²) < 4.78 is 5.56. The first-order valence-corrected chi connectivity index (χ1v) is 13.3. The van der Waals surface area contributed by atoms with Gasteiger partial charge >= 0.3 is 0 Å². The Morgan fingerprint density at radius 3 is 2.38 bits per heavy atom. The van der Waals surface area contributed by atoms with Crippen LogP contribution >= 0.6 is 0 Å². The van der Waals surface area contributed by atoms with Gasteiger partial charge in [-0.05, 0) is 84.1 Å². The lowest BCUT2D eigenvalue weighted by atomic mass is 9.99. The molecule has 0 atom stereocenters. The van der Waals surface area contributed by atoms with E-state index in [-0.39, 0.29) is 18.4 Å². The van der Waals surface area contributed by atoms with Gasteiger partial charge in [0.05, 0.1) is 6.21 Å². The second-order valence-electron chi connectivity index (χ2n) is 9.90. The Bertz CT molecular complexity index is 1480. The molecule has 7 nitrogen and oxygen atoms in total. The van der Waals surface area contributed by atoms with Crippen molar-refractivity contribution in [3.8, 4) is 5.75 Å². The van der Waals surface area contributed by atoms with Crippen molar-refractivity contribution in [3.63, 3.8) is 0 Å². The average Bonchev–Trinajstić information content (AvgIpc) is 2.98. The average molecular weight is 533 g/mol. The van der Waals surface area contributed by atoms with Crippen LogP contribution in [0.5, 0.6) is 5.75 Å². The largest absolute Gasteiger partial charge is 0.484 e. The van der Waals surface area contributed by atoms with Gasteiger partial charge < -0.3 is 10.1 Å². The Morgan fingerprint density at radius 1 is 0.900 bits per heavy atom. The highest BCUT2D eigenvalue weighted by Crippen LogP contribution is 2.20. The van der Waals surface area contributed by atoms with Crippen molar-refractivity contribution >= 4 is 23.7 Å². The molecule has 0 saturated carbocycles. The van der Waals surface area contributed by atoms with Crippen molar-refractivity contribution in [2.24, 2.45) is 5.10 Å². The van der Waals surface area contributed by atoms with Crippen LogP contribution in [0, 0.1) is 6.92 Å². The molecular weight excluding hydrogens is 500 g/mol. The van der Waals surface area contributed by atoms with Gasteiger partial charge in [-0.15, -0.1) is 0 Å². The maximum atomic E-state index is 12.5. The van der Waals surface area contributed by atoms with Gasteiger partial charge in [0.15, 0.2) is 6.61 Å². The molecule has 0 radical (unpaired) electrons. The van der Waals surface area contributed by atoms with E-state index in [0.29, 0.717) is 11.3 Å². The third kappa shape index (κ3) is 7.42. The molecule has 202 valence electrons. The fraction of sp³-hybridized carbons (Fsp3) is 0.182. The smallest absolute Gasteiger partial charge is 0.271 e. The van der Waals surface area contributed by atoms with Gasteiger partial charge in [-0.25, -0.2) is 5.43 Å². The SMILES string of the molecule is Cc1ccc(NC(=O)COc2ccc(/C=N\NC(=O)c3ccc(CN4CCc5ccccc5C4)cc3)cc2)cc1. The Balaban J connectivity index is 1.05. The summed E-state index contributed by atoms with van der Waals surface area (Å²) in [7, 11) is 0. The van der Waals surface area contributed by atoms with Gasteiger partial charge in [-0.2, -0.15) is 5.10 Å². The van der Waals surface area contributed by atoms with Gasteiger partial charge in [0.1, 0.15) is 5.75 Å². The second kappa shape index (κ2) is 12.9. The standard InChI is InChI=1S/C33H32N4O3/c1-24-6-14-30(15-7-24)35-32(38)23-40-31-16-10-25(11-17-31)20-34-36-33(39)28-12-8-26(9-13-28)21-37-19-18-27-4-2-3-5-29(27)22-37/h2-17,20H,18-19,21-23H2,1H3,(H,35,38)(H,36,39)/b34-20-. The Labute approximate surface area is 234 Å². The summed E-state index contributed by atoms with van der Waals surface area (Å²) in [6, 6.07) is 31.0. The predicted octanol–water partition coefficient (Wildman–Crippen LogP) is 5.33. The number of nitrogens with one attached hydrogen (secondary N) is 2. The first-order valence-electron chi connectivity index (χ1n) is 13.3.